The number of carbonyl (C=O) groups excluding carboxylic acids is 1. The number of Topliss-reactive ketones (excluding diaryl/α,β-unsaturated/α-hetero) is 1. The lowest BCUT2D eigenvalue weighted by Gasteiger charge is -2.26. The maximum atomic E-state index is 15.3. The number of hydroxylamine groups is 2. The predicted molar refractivity (Wildman–Crippen MR) is 143 cm³/mol. The summed E-state index contributed by atoms with van der Waals surface area (Å²) in [6.07, 6.45) is 8.43. The van der Waals surface area contributed by atoms with Gasteiger partial charge in [0.25, 0.3) is 0 Å². The molecule has 1 aliphatic rings. The molecule has 0 saturated carbocycles. The molecule has 1 aliphatic heterocycles. The van der Waals surface area contributed by atoms with Crippen LogP contribution >= 0.6 is 0 Å². The van der Waals surface area contributed by atoms with E-state index in [0.29, 0.717) is 19.4 Å². The van der Waals surface area contributed by atoms with Gasteiger partial charge in [0.05, 0.1) is 6.54 Å². The average Bonchev–Trinajstić information content (AvgIpc) is 2.85. The number of allylic oxidation sites excluding steroid dienone is 5. The first kappa shape index (κ1) is 30.3. The lowest BCUT2D eigenvalue weighted by atomic mass is 9.85. The monoisotopic (exact) mass is 476 g/mol. The summed E-state index contributed by atoms with van der Waals surface area (Å²) in [5.74, 6) is 0.977. The molecular weight excluding hydrogens is 427 g/mol. The fraction of sp³-hybridized carbons (Fsp3) is 0.724. The number of likely N-dealkylation sites (N-methyl/N-ethyl adjacent to an activating group) is 1. The zero-order chi connectivity index (χ0) is 25.7. The zero-order valence-electron chi connectivity index (χ0n) is 23.1. The zero-order valence-corrected chi connectivity index (χ0v) is 23.1. The van der Waals surface area contributed by atoms with Crippen LogP contribution in [0.4, 0.5) is 4.39 Å². The smallest absolute Gasteiger partial charge is 0.130 e. The van der Waals surface area contributed by atoms with Crippen molar-refractivity contribution in [3.63, 3.8) is 0 Å². The lowest BCUT2D eigenvalue weighted by Crippen LogP contribution is -2.26. The van der Waals surface area contributed by atoms with Gasteiger partial charge in [-0.3, -0.25) is 4.99 Å². The number of alkyl halides is 1. The van der Waals surface area contributed by atoms with Crippen molar-refractivity contribution in [1.82, 2.24) is 5.06 Å². The second-order valence-corrected chi connectivity index (χ2v) is 9.69. The van der Waals surface area contributed by atoms with Crippen molar-refractivity contribution in [2.24, 2.45) is 10.9 Å². The van der Waals surface area contributed by atoms with Gasteiger partial charge in [-0.25, -0.2) is 4.39 Å². The molecule has 0 aromatic carbocycles. The molecule has 0 bridgehead atoms. The third-order valence-corrected chi connectivity index (χ3v) is 6.72. The molecule has 0 fully saturated rings. The molecule has 0 radical (unpaired) electrons. The van der Waals surface area contributed by atoms with Crippen LogP contribution in [0.5, 0.6) is 0 Å². The van der Waals surface area contributed by atoms with Gasteiger partial charge in [0.15, 0.2) is 0 Å². The molecule has 1 heterocycles. The molecule has 5 heteroatoms. The van der Waals surface area contributed by atoms with Crippen LogP contribution in [-0.4, -0.2) is 42.9 Å². The van der Waals surface area contributed by atoms with Crippen LogP contribution in [0.3, 0.4) is 0 Å². The molecule has 0 saturated heterocycles. The maximum absolute atomic E-state index is 15.3. The van der Waals surface area contributed by atoms with E-state index in [9.17, 15) is 4.79 Å². The number of hydrogen-bond donors (Lipinski definition) is 0. The molecule has 0 amide bonds. The van der Waals surface area contributed by atoms with E-state index in [0.717, 1.165) is 68.5 Å². The van der Waals surface area contributed by atoms with E-state index in [4.69, 9.17) is 9.83 Å². The summed E-state index contributed by atoms with van der Waals surface area (Å²) in [6.45, 7) is 15.3. The highest BCUT2D eigenvalue weighted by Gasteiger charge is 2.25. The number of ketones is 1. The fourth-order valence-electron chi connectivity index (χ4n) is 4.62. The first-order valence-corrected chi connectivity index (χ1v) is 13.3. The van der Waals surface area contributed by atoms with E-state index in [2.05, 4.69) is 20.8 Å². The van der Waals surface area contributed by atoms with Crippen molar-refractivity contribution < 1.29 is 14.0 Å². The quantitative estimate of drug-likeness (QED) is 0.268. The highest BCUT2D eigenvalue weighted by atomic mass is 19.1. The van der Waals surface area contributed by atoms with E-state index in [1.807, 2.05) is 39.0 Å². The Balaban J connectivity index is 3.39. The molecule has 34 heavy (non-hydrogen) atoms. The summed E-state index contributed by atoms with van der Waals surface area (Å²) in [4.78, 5) is 22.8. The first-order chi connectivity index (χ1) is 16.2. The Morgan fingerprint density at radius 1 is 1.24 bits per heavy atom. The minimum atomic E-state index is -0.925. The maximum Gasteiger partial charge on any atom is 0.130 e. The van der Waals surface area contributed by atoms with Crippen molar-refractivity contribution in [2.45, 2.75) is 112 Å². The van der Waals surface area contributed by atoms with Crippen molar-refractivity contribution in [2.75, 3.05) is 20.1 Å². The molecule has 4 nitrogen and oxygen atoms in total. The third kappa shape index (κ3) is 9.85. The van der Waals surface area contributed by atoms with Gasteiger partial charge in [0.2, 0.25) is 0 Å². The van der Waals surface area contributed by atoms with Crippen molar-refractivity contribution in [3.05, 3.63) is 34.1 Å². The molecule has 0 N–H and O–H groups in total. The number of unbranched alkanes of at least 4 members (excludes halogenated alkanes) is 1. The van der Waals surface area contributed by atoms with Crippen molar-refractivity contribution >= 4 is 11.5 Å². The van der Waals surface area contributed by atoms with Gasteiger partial charge in [0.1, 0.15) is 17.7 Å². The first-order valence-electron chi connectivity index (χ1n) is 13.3. The van der Waals surface area contributed by atoms with Gasteiger partial charge in [0, 0.05) is 32.1 Å². The third-order valence-electron chi connectivity index (χ3n) is 6.72. The fourth-order valence-corrected chi connectivity index (χ4v) is 4.62. The van der Waals surface area contributed by atoms with Crippen molar-refractivity contribution in [1.29, 1.82) is 0 Å². The van der Waals surface area contributed by atoms with Gasteiger partial charge >= 0.3 is 0 Å². The normalized spacial score (nSPS) is 23.1. The summed E-state index contributed by atoms with van der Waals surface area (Å²) in [5, 5.41) is 1.87. The van der Waals surface area contributed by atoms with Gasteiger partial charge < -0.3 is 9.63 Å². The summed E-state index contributed by atoms with van der Waals surface area (Å²) >= 11 is 0. The summed E-state index contributed by atoms with van der Waals surface area (Å²) in [5.41, 5.74) is 5.72. The number of hydrogen-bond acceptors (Lipinski definition) is 4. The Bertz CT molecular complexity index is 779. The van der Waals surface area contributed by atoms with Gasteiger partial charge in [-0.1, -0.05) is 38.8 Å². The summed E-state index contributed by atoms with van der Waals surface area (Å²) in [6, 6.07) is 0. The molecule has 1 rings (SSSR count). The second kappa shape index (κ2) is 16.0. The Labute approximate surface area is 208 Å². The highest BCUT2D eigenvalue weighted by Crippen LogP contribution is 2.31. The van der Waals surface area contributed by atoms with Crippen LogP contribution in [0.25, 0.3) is 0 Å². The van der Waals surface area contributed by atoms with E-state index in [1.165, 1.54) is 16.7 Å². The summed E-state index contributed by atoms with van der Waals surface area (Å²) in [7, 11) is 1.95. The largest absolute Gasteiger partial charge is 0.410 e. The van der Waals surface area contributed by atoms with E-state index >= 15 is 4.39 Å². The minimum absolute atomic E-state index is 0.0850. The average molecular weight is 477 g/mol. The van der Waals surface area contributed by atoms with Gasteiger partial charge in [-0.15, -0.1) is 5.06 Å². The standard InChI is InChI=1S/C29H49FN2O2/c1-9-13-14-25(19-22(6)29(30)24(10-2)11-3)26-20-32(8)34-28(18-16-23(7)33)21(5)15-17-27(26)31-12-4/h10,22,29H,9,11-20H2,1-8H3/b24-10+,26-25-,28-21-,31-27?. The number of nitrogens with zero attached hydrogens (tertiary/aromatic N) is 2. The Morgan fingerprint density at radius 2 is 1.94 bits per heavy atom. The second-order valence-electron chi connectivity index (χ2n) is 9.69. The molecule has 194 valence electrons. The molecule has 0 aromatic rings. The molecule has 2 atom stereocenters. The Hall–Kier alpha value is -1.75. The van der Waals surface area contributed by atoms with Gasteiger partial charge in [-0.05, 0) is 88.9 Å². The van der Waals surface area contributed by atoms with E-state index in [1.54, 1.807) is 6.92 Å². The summed E-state index contributed by atoms with van der Waals surface area (Å²) < 4.78 is 15.3. The number of carbonyl (C=O) groups is 1. The number of halogens is 1. The molecule has 0 aliphatic carbocycles. The van der Waals surface area contributed by atoms with Crippen LogP contribution in [0, 0.1) is 5.92 Å². The topological polar surface area (TPSA) is 41.9 Å². The van der Waals surface area contributed by atoms with Crippen molar-refractivity contribution in [3.8, 4) is 0 Å². The Kier molecular flexibility index (Phi) is 14.3. The van der Waals surface area contributed by atoms with E-state index in [-0.39, 0.29) is 11.7 Å². The van der Waals surface area contributed by atoms with Crippen LogP contribution in [0.15, 0.2) is 39.1 Å². The lowest BCUT2D eigenvalue weighted by molar-refractivity contribution is -0.118. The van der Waals surface area contributed by atoms with Gasteiger partial charge in [-0.2, -0.15) is 0 Å². The molecular formula is C29H49FN2O2. The SMILES string of the molecule is C/C=C(\CC)C(F)C(C)C/C(CCCC)=C1/CN(C)O/C(CCC(C)=O)=C(/C)CCC1=NCC. The van der Waals surface area contributed by atoms with Crippen LogP contribution < -0.4 is 0 Å². The number of aliphatic imine (C=N–C) groups is 1. The van der Waals surface area contributed by atoms with Crippen LogP contribution in [0.1, 0.15) is 106 Å². The molecule has 0 aromatic heterocycles. The Morgan fingerprint density at radius 3 is 2.50 bits per heavy atom. The molecule has 2 unspecified atom stereocenters. The van der Waals surface area contributed by atoms with Crippen LogP contribution in [0.2, 0.25) is 0 Å². The minimum Gasteiger partial charge on any atom is -0.410 e. The van der Waals surface area contributed by atoms with Crippen LogP contribution in [-0.2, 0) is 9.63 Å². The van der Waals surface area contributed by atoms with E-state index < -0.39 is 6.17 Å². The highest BCUT2D eigenvalue weighted by molar-refractivity contribution is 6.01. The number of rotatable bonds is 12. The predicted octanol–water partition coefficient (Wildman–Crippen LogP) is 7.96. The molecule has 0 spiro atoms.